The van der Waals surface area contributed by atoms with Crippen molar-refractivity contribution < 1.29 is 0 Å². The molecule has 0 saturated carbocycles. The molecule has 0 amide bonds. The Kier molecular flexibility index (Phi) is 2.95. The zero-order valence-electron chi connectivity index (χ0n) is 9.66. The lowest BCUT2D eigenvalue weighted by Gasteiger charge is -2.18. The monoisotopic (exact) mass is 208 g/mol. The Morgan fingerprint density at radius 1 is 1.33 bits per heavy atom. The fraction of sp³-hybridized carbons (Fsp3) is 0.727. The minimum atomic E-state index is 0.850. The van der Waals surface area contributed by atoms with Crippen molar-refractivity contribution >= 4 is 5.82 Å². The van der Waals surface area contributed by atoms with Gasteiger partial charge in [-0.3, -0.25) is 4.68 Å². The van der Waals surface area contributed by atoms with E-state index in [1.807, 2.05) is 7.05 Å². The van der Waals surface area contributed by atoms with Gasteiger partial charge >= 0.3 is 0 Å². The van der Waals surface area contributed by atoms with Crippen LogP contribution in [-0.2, 0) is 19.9 Å². The van der Waals surface area contributed by atoms with E-state index in [2.05, 4.69) is 16.9 Å². The minimum absolute atomic E-state index is 0.850. The summed E-state index contributed by atoms with van der Waals surface area (Å²) in [7, 11) is 1.92. The van der Waals surface area contributed by atoms with Crippen molar-refractivity contribution in [3.05, 3.63) is 11.3 Å². The molecule has 2 heterocycles. The number of aromatic nitrogens is 2. The summed E-state index contributed by atoms with van der Waals surface area (Å²) in [5, 5.41) is 4.47. The molecule has 1 aliphatic heterocycles. The van der Waals surface area contributed by atoms with E-state index in [1.54, 1.807) is 4.68 Å². The van der Waals surface area contributed by atoms with Gasteiger partial charge in [0, 0.05) is 32.1 Å². The van der Waals surface area contributed by atoms with Gasteiger partial charge in [-0.15, -0.1) is 0 Å². The molecule has 0 atom stereocenters. The summed E-state index contributed by atoms with van der Waals surface area (Å²) < 4.78 is 1.81. The van der Waals surface area contributed by atoms with Crippen molar-refractivity contribution in [2.24, 2.45) is 7.05 Å². The molecular formula is C11H20N4. The molecule has 0 fully saturated rings. The second-order valence-electron chi connectivity index (χ2n) is 4.28. The molecular weight excluding hydrogens is 188 g/mol. The van der Waals surface area contributed by atoms with Crippen LogP contribution in [0.1, 0.15) is 24.6 Å². The van der Waals surface area contributed by atoms with Gasteiger partial charge in [-0.25, -0.2) is 0 Å². The van der Waals surface area contributed by atoms with Crippen LogP contribution in [0, 0.1) is 0 Å². The van der Waals surface area contributed by atoms with Crippen molar-refractivity contribution in [2.45, 2.75) is 26.2 Å². The Hall–Kier alpha value is -1.03. The van der Waals surface area contributed by atoms with Gasteiger partial charge in [-0.05, 0) is 19.4 Å². The van der Waals surface area contributed by atoms with E-state index in [9.17, 15) is 0 Å². The quantitative estimate of drug-likeness (QED) is 0.782. The van der Waals surface area contributed by atoms with Crippen LogP contribution in [0.4, 0.5) is 5.82 Å². The Balaban J connectivity index is 2.13. The van der Waals surface area contributed by atoms with Gasteiger partial charge in [0.25, 0.3) is 0 Å². The molecule has 84 valence electrons. The van der Waals surface area contributed by atoms with E-state index >= 15 is 0 Å². The van der Waals surface area contributed by atoms with Crippen molar-refractivity contribution in [2.75, 3.05) is 25.4 Å². The maximum atomic E-state index is 5.99. The highest BCUT2D eigenvalue weighted by atomic mass is 15.3. The maximum absolute atomic E-state index is 5.99. The van der Waals surface area contributed by atoms with Gasteiger partial charge in [0.1, 0.15) is 5.82 Å². The fourth-order valence-corrected chi connectivity index (χ4v) is 2.30. The third kappa shape index (κ3) is 2.00. The number of rotatable bonds is 2. The lowest BCUT2D eigenvalue weighted by molar-refractivity contribution is 0.287. The van der Waals surface area contributed by atoms with Crippen LogP contribution >= 0.6 is 0 Å². The first kappa shape index (κ1) is 10.5. The minimum Gasteiger partial charge on any atom is -0.384 e. The number of hydrogen-bond acceptors (Lipinski definition) is 3. The molecule has 15 heavy (non-hydrogen) atoms. The summed E-state index contributed by atoms with van der Waals surface area (Å²) in [6.45, 7) is 5.66. The molecule has 2 rings (SSSR count). The molecule has 0 unspecified atom stereocenters. The highest BCUT2D eigenvalue weighted by Crippen LogP contribution is 2.20. The Bertz CT molecular complexity index is 343. The van der Waals surface area contributed by atoms with E-state index in [-0.39, 0.29) is 0 Å². The first-order chi connectivity index (χ1) is 7.22. The molecule has 1 aliphatic rings. The smallest absolute Gasteiger partial charge is 0.124 e. The molecule has 1 aromatic heterocycles. The second kappa shape index (κ2) is 4.23. The number of nitrogen functional groups attached to an aromatic ring is 1. The number of nitrogens with zero attached hydrogens (tertiary/aromatic N) is 3. The Morgan fingerprint density at radius 2 is 2.07 bits per heavy atom. The second-order valence-corrected chi connectivity index (χ2v) is 4.28. The molecule has 0 bridgehead atoms. The number of anilines is 1. The van der Waals surface area contributed by atoms with E-state index in [0.717, 1.165) is 31.7 Å². The van der Waals surface area contributed by atoms with Gasteiger partial charge in [0.15, 0.2) is 0 Å². The zero-order valence-corrected chi connectivity index (χ0v) is 9.66. The molecule has 0 spiro atoms. The highest BCUT2D eigenvalue weighted by Gasteiger charge is 2.19. The Labute approximate surface area is 91.1 Å². The number of aryl methyl sites for hydroxylation is 1. The van der Waals surface area contributed by atoms with Gasteiger partial charge in [-0.1, -0.05) is 6.92 Å². The zero-order chi connectivity index (χ0) is 10.8. The lowest BCUT2D eigenvalue weighted by atomic mass is 10.1. The molecule has 4 heteroatoms. The van der Waals surface area contributed by atoms with Crippen molar-refractivity contribution in [3.8, 4) is 0 Å². The van der Waals surface area contributed by atoms with Crippen LogP contribution < -0.4 is 5.73 Å². The third-order valence-corrected chi connectivity index (χ3v) is 3.16. The highest BCUT2D eigenvalue weighted by molar-refractivity contribution is 5.44. The summed E-state index contributed by atoms with van der Waals surface area (Å²) in [5.74, 6) is 0.850. The van der Waals surface area contributed by atoms with Crippen molar-refractivity contribution in [1.29, 1.82) is 0 Å². The standard InChI is InChI=1S/C11H20N4/c1-3-6-15-7-4-9-10(5-8-15)13-14(2)11(9)12/h3-8,12H2,1-2H3. The van der Waals surface area contributed by atoms with Gasteiger partial charge < -0.3 is 10.6 Å². The van der Waals surface area contributed by atoms with E-state index in [0.29, 0.717) is 0 Å². The third-order valence-electron chi connectivity index (χ3n) is 3.16. The van der Waals surface area contributed by atoms with Gasteiger partial charge in [0.2, 0.25) is 0 Å². The predicted molar refractivity (Wildman–Crippen MR) is 61.8 cm³/mol. The summed E-state index contributed by atoms with van der Waals surface area (Å²) >= 11 is 0. The van der Waals surface area contributed by atoms with Gasteiger partial charge in [0.05, 0.1) is 5.69 Å². The largest absolute Gasteiger partial charge is 0.384 e. The predicted octanol–water partition coefficient (Wildman–Crippen LogP) is 0.813. The fourth-order valence-electron chi connectivity index (χ4n) is 2.30. The topological polar surface area (TPSA) is 47.1 Å². The van der Waals surface area contributed by atoms with Crippen LogP contribution in [0.5, 0.6) is 0 Å². The first-order valence-electron chi connectivity index (χ1n) is 5.75. The number of fused-ring (bicyclic) bond motifs is 1. The van der Waals surface area contributed by atoms with Crippen LogP contribution in [0.25, 0.3) is 0 Å². The van der Waals surface area contributed by atoms with E-state index < -0.39 is 0 Å². The van der Waals surface area contributed by atoms with Gasteiger partial charge in [-0.2, -0.15) is 5.10 Å². The van der Waals surface area contributed by atoms with E-state index in [1.165, 1.54) is 24.2 Å². The van der Waals surface area contributed by atoms with Crippen LogP contribution in [0.2, 0.25) is 0 Å². The molecule has 0 aliphatic carbocycles. The van der Waals surface area contributed by atoms with Crippen LogP contribution in [0.15, 0.2) is 0 Å². The van der Waals surface area contributed by atoms with Crippen molar-refractivity contribution in [3.63, 3.8) is 0 Å². The first-order valence-corrected chi connectivity index (χ1v) is 5.75. The molecule has 0 aromatic carbocycles. The average molecular weight is 208 g/mol. The number of nitrogens with two attached hydrogens (primary N) is 1. The van der Waals surface area contributed by atoms with Crippen LogP contribution in [0.3, 0.4) is 0 Å². The normalized spacial score (nSPS) is 17.5. The average Bonchev–Trinajstić information content (AvgIpc) is 2.40. The summed E-state index contributed by atoms with van der Waals surface area (Å²) in [4.78, 5) is 2.50. The molecule has 0 saturated heterocycles. The van der Waals surface area contributed by atoms with Crippen molar-refractivity contribution in [1.82, 2.24) is 14.7 Å². The Morgan fingerprint density at radius 3 is 2.80 bits per heavy atom. The summed E-state index contributed by atoms with van der Waals surface area (Å²) in [6, 6.07) is 0. The SMILES string of the molecule is CCCN1CCc2nn(C)c(N)c2CC1. The summed E-state index contributed by atoms with van der Waals surface area (Å²) in [5.41, 5.74) is 8.47. The maximum Gasteiger partial charge on any atom is 0.124 e. The molecule has 0 radical (unpaired) electrons. The van der Waals surface area contributed by atoms with Crippen LogP contribution in [-0.4, -0.2) is 34.3 Å². The lowest BCUT2D eigenvalue weighted by Crippen LogP contribution is -2.27. The molecule has 4 nitrogen and oxygen atoms in total. The van der Waals surface area contributed by atoms with E-state index in [4.69, 9.17) is 5.73 Å². The molecule has 1 aromatic rings. The number of hydrogen-bond donors (Lipinski definition) is 1. The summed E-state index contributed by atoms with van der Waals surface area (Å²) in [6.07, 6.45) is 3.32. The molecule has 2 N–H and O–H groups in total.